The van der Waals surface area contributed by atoms with E-state index in [1.165, 1.54) is 12.1 Å². The van der Waals surface area contributed by atoms with Crippen LogP contribution in [-0.2, 0) is 21.3 Å². The van der Waals surface area contributed by atoms with Gasteiger partial charge in [0, 0.05) is 57.2 Å². The summed E-state index contributed by atoms with van der Waals surface area (Å²) in [6, 6.07) is 9.98. The summed E-state index contributed by atoms with van der Waals surface area (Å²) in [5.74, 6) is -0.188. The van der Waals surface area contributed by atoms with Crippen LogP contribution in [0.1, 0.15) is 29.3 Å². The molecule has 1 N–H and O–H groups in total. The number of carbonyl (C=O) groups is 1. The lowest BCUT2D eigenvalue weighted by molar-refractivity contribution is 0.0355. The molecule has 1 aliphatic rings. The van der Waals surface area contributed by atoms with Crippen LogP contribution in [-0.4, -0.2) is 75.0 Å². The van der Waals surface area contributed by atoms with E-state index in [0.29, 0.717) is 18.7 Å². The summed E-state index contributed by atoms with van der Waals surface area (Å²) >= 11 is 0. The van der Waals surface area contributed by atoms with Gasteiger partial charge in [0.2, 0.25) is 10.0 Å². The zero-order valence-corrected chi connectivity index (χ0v) is 18.7. The van der Waals surface area contributed by atoms with Gasteiger partial charge < -0.3 is 9.64 Å². The van der Waals surface area contributed by atoms with Crippen LogP contribution in [0.25, 0.3) is 0 Å². The smallest absolute Gasteiger partial charge is 0.254 e. The Labute approximate surface area is 184 Å². The number of nitrogens with zero attached hydrogens (tertiary/aromatic N) is 3. The molecule has 0 saturated carbocycles. The predicted molar refractivity (Wildman–Crippen MR) is 118 cm³/mol. The summed E-state index contributed by atoms with van der Waals surface area (Å²) in [4.78, 5) is 21.6. The molecule has 1 saturated heterocycles. The summed E-state index contributed by atoms with van der Waals surface area (Å²) in [7, 11) is -3.63. The number of benzene rings is 1. The molecule has 2 aromatic rings. The molecule has 0 radical (unpaired) electrons. The molecular formula is C22H30N4O4S. The van der Waals surface area contributed by atoms with E-state index in [1.807, 2.05) is 12.1 Å². The minimum absolute atomic E-state index is 0.0948. The molecule has 0 unspecified atom stereocenters. The maximum atomic E-state index is 13.3. The molecule has 31 heavy (non-hydrogen) atoms. The minimum Gasteiger partial charge on any atom is -0.379 e. The molecule has 1 aromatic carbocycles. The summed E-state index contributed by atoms with van der Waals surface area (Å²) in [5, 5.41) is 0. The third-order valence-electron chi connectivity index (χ3n) is 5.14. The van der Waals surface area contributed by atoms with Crippen LogP contribution in [0.2, 0.25) is 0 Å². The molecule has 0 aliphatic carbocycles. The van der Waals surface area contributed by atoms with E-state index in [4.69, 9.17) is 4.74 Å². The summed E-state index contributed by atoms with van der Waals surface area (Å²) < 4.78 is 32.6. The van der Waals surface area contributed by atoms with Crippen molar-refractivity contribution < 1.29 is 17.9 Å². The second-order valence-electron chi connectivity index (χ2n) is 7.42. The lowest BCUT2D eigenvalue weighted by Crippen LogP contribution is -2.39. The second kappa shape index (κ2) is 11.3. The van der Waals surface area contributed by atoms with Crippen LogP contribution < -0.4 is 4.72 Å². The highest BCUT2D eigenvalue weighted by Crippen LogP contribution is 2.16. The predicted octanol–water partition coefficient (Wildman–Crippen LogP) is 1.74. The van der Waals surface area contributed by atoms with Crippen LogP contribution in [0.3, 0.4) is 0 Å². The number of hydrogen-bond acceptors (Lipinski definition) is 6. The van der Waals surface area contributed by atoms with Gasteiger partial charge in [0.1, 0.15) is 0 Å². The van der Waals surface area contributed by atoms with Gasteiger partial charge in [-0.1, -0.05) is 13.0 Å². The Morgan fingerprint density at radius 2 is 1.94 bits per heavy atom. The van der Waals surface area contributed by atoms with Gasteiger partial charge in [-0.2, -0.15) is 0 Å². The maximum absolute atomic E-state index is 13.3. The Kier molecular flexibility index (Phi) is 8.53. The van der Waals surface area contributed by atoms with Gasteiger partial charge in [0.05, 0.1) is 18.1 Å². The molecule has 1 fully saturated rings. The van der Waals surface area contributed by atoms with Crippen LogP contribution in [0.4, 0.5) is 0 Å². The Balaban J connectivity index is 1.74. The van der Waals surface area contributed by atoms with Crippen molar-refractivity contribution in [3.05, 3.63) is 59.9 Å². The van der Waals surface area contributed by atoms with E-state index in [1.54, 1.807) is 36.4 Å². The Morgan fingerprint density at radius 3 is 2.65 bits per heavy atom. The topological polar surface area (TPSA) is 91.8 Å². The molecule has 0 spiro atoms. The molecule has 1 aromatic heterocycles. The van der Waals surface area contributed by atoms with E-state index < -0.39 is 10.0 Å². The summed E-state index contributed by atoms with van der Waals surface area (Å²) in [5.41, 5.74) is 1.34. The van der Waals surface area contributed by atoms with Crippen LogP contribution in [0.5, 0.6) is 0 Å². The first-order valence-corrected chi connectivity index (χ1v) is 12.1. The second-order valence-corrected chi connectivity index (χ2v) is 9.19. The van der Waals surface area contributed by atoms with E-state index in [2.05, 4.69) is 14.6 Å². The maximum Gasteiger partial charge on any atom is 0.254 e. The standard InChI is InChI=1S/C22H30N4O4S/c1-2-24-31(28,29)21-6-3-5-20(17-21)22(27)26(18-19-7-9-23-10-8-19)12-4-11-25-13-15-30-16-14-25/h3,5-10,17,24H,2,4,11-16,18H2,1H3. The first-order valence-electron chi connectivity index (χ1n) is 10.6. The van der Waals surface area contributed by atoms with Gasteiger partial charge in [-0.3, -0.25) is 14.7 Å². The van der Waals surface area contributed by atoms with Gasteiger partial charge >= 0.3 is 0 Å². The van der Waals surface area contributed by atoms with Crippen molar-refractivity contribution >= 4 is 15.9 Å². The molecule has 1 aliphatic heterocycles. The quantitative estimate of drug-likeness (QED) is 0.598. The molecule has 0 bridgehead atoms. The van der Waals surface area contributed by atoms with Crippen LogP contribution in [0, 0.1) is 0 Å². The molecule has 0 atom stereocenters. The van der Waals surface area contributed by atoms with Crippen molar-refractivity contribution in [2.75, 3.05) is 45.9 Å². The first-order chi connectivity index (χ1) is 15.0. The number of carbonyl (C=O) groups excluding carboxylic acids is 1. The number of sulfonamides is 1. The number of hydrogen-bond donors (Lipinski definition) is 1. The van der Waals surface area contributed by atoms with Crippen molar-refractivity contribution in [1.82, 2.24) is 19.5 Å². The minimum atomic E-state index is -3.63. The van der Waals surface area contributed by atoms with Crippen molar-refractivity contribution in [2.24, 2.45) is 0 Å². The zero-order valence-electron chi connectivity index (χ0n) is 17.9. The van der Waals surface area contributed by atoms with E-state index in [-0.39, 0.29) is 17.3 Å². The Bertz CT molecular complexity index is 947. The van der Waals surface area contributed by atoms with Gasteiger partial charge in [0.15, 0.2) is 0 Å². The third kappa shape index (κ3) is 6.83. The van der Waals surface area contributed by atoms with Crippen molar-refractivity contribution in [3.8, 4) is 0 Å². The number of rotatable bonds is 10. The highest BCUT2D eigenvalue weighted by Gasteiger charge is 2.20. The average molecular weight is 447 g/mol. The molecule has 2 heterocycles. The number of ether oxygens (including phenoxy) is 1. The van der Waals surface area contributed by atoms with Gasteiger partial charge in [0.25, 0.3) is 5.91 Å². The molecule has 3 rings (SSSR count). The number of nitrogens with one attached hydrogen (secondary N) is 1. The average Bonchev–Trinajstić information content (AvgIpc) is 2.79. The highest BCUT2D eigenvalue weighted by molar-refractivity contribution is 7.89. The molecule has 1 amide bonds. The van der Waals surface area contributed by atoms with E-state index >= 15 is 0 Å². The SMILES string of the molecule is CCNS(=O)(=O)c1cccc(C(=O)N(CCCN2CCOCC2)Cc2ccncc2)c1. The number of pyridine rings is 1. The fraction of sp³-hybridized carbons (Fsp3) is 0.455. The first kappa shape index (κ1) is 23.3. The third-order valence-corrected chi connectivity index (χ3v) is 6.68. The van der Waals surface area contributed by atoms with E-state index in [0.717, 1.165) is 44.8 Å². The van der Waals surface area contributed by atoms with Crippen LogP contribution in [0.15, 0.2) is 53.7 Å². The normalized spacial score (nSPS) is 15.0. The van der Waals surface area contributed by atoms with Crippen molar-refractivity contribution in [1.29, 1.82) is 0 Å². The molecule has 9 heteroatoms. The molecule has 168 valence electrons. The van der Waals surface area contributed by atoms with Crippen molar-refractivity contribution in [3.63, 3.8) is 0 Å². The lowest BCUT2D eigenvalue weighted by atomic mass is 10.1. The van der Waals surface area contributed by atoms with E-state index in [9.17, 15) is 13.2 Å². The monoisotopic (exact) mass is 446 g/mol. The summed E-state index contributed by atoms with van der Waals surface area (Å²) in [6.07, 6.45) is 4.23. The highest BCUT2D eigenvalue weighted by atomic mass is 32.2. The number of aromatic nitrogens is 1. The lowest BCUT2D eigenvalue weighted by Gasteiger charge is -2.28. The van der Waals surface area contributed by atoms with Gasteiger partial charge in [-0.15, -0.1) is 0 Å². The fourth-order valence-electron chi connectivity index (χ4n) is 3.52. The zero-order chi connectivity index (χ0) is 22.1. The van der Waals surface area contributed by atoms with Crippen LogP contribution >= 0.6 is 0 Å². The molecule has 8 nitrogen and oxygen atoms in total. The number of morpholine rings is 1. The Morgan fingerprint density at radius 1 is 1.19 bits per heavy atom. The molecular weight excluding hydrogens is 416 g/mol. The fourth-order valence-corrected chi connectivity index (χ4v) is 4.61. The van der Waals surface area contributed by atoms with Gasteiger partial charge in [-0.25, -0.2) is 13.1 Å². The summed E-state index contributed by atoms with van der Waals surface area (Å²) in [6.45, 7) is 7.20. The number of amides is 1. The van der Waals surface area contributed by atoms with Gasteiger partial charge in [-0.05, 0) is 42.3 Å². The van der Waals surface area contributed by atoms with Crippen molar-refractivity contribution in [2.45, 2.75) is 24.8 Å². The Hall–Kier alpha value is -2.33. The largest absolute Gasteiger partial charge is 0.379 e.